The summed E-state index contributed by atoms with van der Waals surface area (Å²) in [4.78, 5) is 10.3. The highest BCUT2D eigenvalue weighted by molar-refractivity contribution is 6.15. The molecule has 4 heterocycles. The van der Waals surface area contributed by atoms with Crippen LogP contribution in [0.15, 0.2) is 237 Å². The standard InChI is InChI=1S/C62H39N5/c1-3-17-40(18-4-1)61-49-25-7-12-26-53(49)63-62(64-61)41-31-34-44(35-32-41)66-55-28-14-11-24-48(55)52-38-50(59(39-60(52)66)67-56-29-15-8-21-45(56)46-22-9-16-30-57(46)67)42-33-36-58-51(37-42)47-23-10-13-27-54(47)65(58)43-19-5-2-6-20-43/h1-39H. The van der Waals surface area contributed by atoms with Crippen molar-refractivity contribution in [3.05, 3.63) is 237 Å². The molecule has 0 saturated carbocycles. The maximum absolute atomic E-state index is 5.19. The SMILES string of the molecule is c1ccc(-c2nc(-c3ccc(-n4c5ccccc5c5cc(-c6ccc7c(c6)c6ccccc6n7-c6ccccc6)c(-n6c7ccccc7c7ccccc76)cc54)cc3)nc3ccccc23)cc1. The van der Waals surface area contributed by atoms with E-state index in [1.807, 2.05) is 12.1 Å². The van der Waals surface area contributed by atoms with E-state index in [1.54, 1.807) is 0 Å². The molecule has 312 valence electrons. The fraction of sp³-hybridized carbons (Fsp3) is 0. The smallest absolute Gasteiger partial charge is 0.160 e. The van der Waals surface area contributed by atoms with Crippen molar-refractivity contribution in [1.29, 1.82) is 0 Å². The maximum atomic E-state index is 5.19. The second kappa shape index (κ2) is 14.7. The van der Waals surface area contributed by atoms with E-state index in [1.165, 1.54) is 59.9 Å². The van der Waals surface area contributed by atoms with Crippen LogP contribution in [0.3, 0.4) is 0 Å². The molecule has 0 aliphatic carbocycles. The van der Waals surface area contributed by atoms with Gasteiger partial charge in [-0.1, -0.05) is 146 Å². The lowest BCUT2D eigenvalue weighted by atomic mass is 9.98. The molecule has 5 heteroatoms. The highest BCUT2D eigenvalue weighted by Gasteiger charge is 2.22. The zero-order valence-electron chi connectivity index (χ0n) is 36.3. The van der Waals surface area contributed by atoms with Crippen LogP contribution >= 0.6 is 0 Å². The number of hydrogen-bond acceptors (Lipinski definition) is 2. The number of fused-ring (bicyclic) bond motifs is 10. The topological polar surface area (TPSA) is 40.6 Å². The molecule has 0 saturated heterocycles. The van der Waals surface area contributed by atoms with Crippen molar-refractivity contribution in [2.45, 2.75) is 0 Å². The minimum absolute atomic E-state index is 0.702. The van der Waals surface area contributed by atoms with Crippen molar-refractivity contribution in [3.63, 3.8) is 0 Å². The van der Waals surface area contributed by atoms with E-state index in [2.05, 4.69) is 238 Å². The van der Waals surface area contributed by atoms with Gasteiger partial charge < -0.3 is 13.7 Å². The van der Waals surface area contributed by atoms with Crippen LogP contribution in [0.2, 0.25) is 0 Å². The minimum Gasteiger partial charge on any atom is -0.309 e. The van der Waals surface area contributed by atoms with Gasteiger partial charge in [0.1, 0.15) is 0 Å². The van der Waals surface area contributed by atoms with Gasteiger partial charge in [-0.3, -0.25) is 0 Å². The average molecular weight is 854 g/mol. The molecular formula is C62H39N5. The highest BCUT2D eigenvalue weighted by atomic mass is 15.0. The van der Waals surface area contributed by atoms with Crippen LogP contribution in [-0.2, 0) is 0 Å². The van der Waals surface area contributed by atoms with Crippen molar-refractivity contribution in [1.82, 2.24) is 23.7 Å². The summed E-state index contributed by atoms with van der Waals surface area (Å²) in [7, 11) is 0. The van der Waals surface area contributed by atoms with Crippen molar-refractivity contribution >= 4 is 76.3 Å². The molecule has 0 aliphatic rings. The van der Waals surface area contributed by atoms with E-state index in [9.17, 15) is 0 Å². The Morgan fingerprint density at radius 3 is 1.37 bits per heavy atom. The van der Waals surface area contributed by atoms with Crippen molar-refractivity contribution in [2.24, 2.45) is 0 Å². The second-order valence-electron chi connectivity index (χ2n) is 17.4. The molecular weight excluding hydrogens is 815 g/mol. The number of para-hydroxylation sites is 6. The molecule has 0 spiro atoms. The summed E-state index contributed by atoms with van der Waals surface area (Å²) in [5, 5.41) is 8.34. The largest absolute Gasteiger partial charge is 0.309 e. The summed E-state index contributed by atoms with van der Waals surface area (Å²) in [6, 6.07) is 85.2. The average Bonchev–Trinajstić information content (AvgIpc) is 4.03. The van der Waals surface area contributed by atoms with Crippen LogP contribution in [-0.4, -0.2) is 23.7 Å². The van der Waals surface area contributed by atoms with E-state index in [4.69, 9.17) is 9.97 Å². The molecule has 0 N–H and O–H groups in total. The number of rotatable bonds is 6. The van der Waals surface area contributed by atoms with Gasteiger partial charge in [0.25, 0.3) is 0 Å². The molecule has 0 radical (unpaired) electrons. The molecule has 4 aromatic heterocycles. The van der Waals surface area contributed by atoms with Crippen LogP contribution < -0.4 is 0 Å². The van der Waals surface area contributed by atoms with Crippen LogP contribution in [0.25, 0.3) is 127 Å². The summed E-state index contributed by atoms with van der Waals surface area (Å²) in [5.74, 6) is 0.702. The lowest BCUT2D eigenvalue weighted by molar-refractivity contribution is 1.15. The Morgan fingerprint density at radius 2 is 0.731 bits per heavy atom. The van der Waals surface area contributed by atoms with Crippen molar-refractivity contribution < 1.29 is 0 Å². The Morgan fingerprint density at radius 1 is 0.269 bits per heavy atom. The van der Waals surface area contributed by atoms with Gasteiger partial charge in [0, 0.05) is 65.8 Å². The first kappa shape index (κ1) is 37.3. The molecule has 0 aliphatic heterocycles. The van der Waals surface area contributed by atoms with Gasteiger partial charge in [-0.25, -0.2) is 9.97 Å². The van der Waals surface area contributed by atoms with E-state index < -0.39 is 0 Å². The van der Waals surface area contributed by atoms with Crippen molar-refractivity contribution in [2.75, 3.05) is 0 Å². The first-order chi connectivity index (χ1) is 33.2. The van der Waals surface area contributed by atoms with Crippen molar-refractivity contribution in [3.8, 4) is 50.8 Å². The van der Waals surface area contributed by atoms with Gasteiger partial charge in [0.2, 0.25) is 0 Å². The second-order valence-corrected chi connectivity index (χ2v) is 17.4. The lowest BCUT2D eigenvalue weighted by Crippen LogP contribution is -2.00. The van der Waals surface area contributed by atoms with Crippen LogP contribution in [0.5, 0.6) is 0 Å². The third-order valence-electron chi connectivity index (χ3n) is 13.6. The molecule has 5 nitrogen and oxygen atoms in total. The zero-order valence-corrected chi connectivity index (χ0v) is 36.3. The normalized spacial score (nSPS) is 11.9. The minimum atomic E-state index is 0.702. The fourth-order valence-electron chi connectivity index (χ4n) is 10.7. The van der Waals surface area contributed by atoms with E-state index >= 15 is 0 Å². The molecule has 0 amide bonds. The van der Waals surface area contributed by atoms with Gasteiger partial charge in [-0.15, -0.1) is 0 Å². The molecule has 14 rings (SSSR count). The number of hydrogen-bond donors (Lipinski definition) is 0. The molecule has 0 atom stereocenters. The van der Waals surface area contributed by atoms with Crippen LogP contribution in [0, 0.1) is 0 Å². The molecule has 67 heavy (non-hydrogen) atoms. The predicted octanol–water partition coefficient (Wildman–Crippen LogP) is 15.9. The molecule has 10 aromatic carbocycles. The molecule has 14 aromatic rings. The van der Waals surface area contributed by atoms with E-state index in [0.29, 0.717) is 5.82 Å². The Kier molecular flexibility index (Phi) is 8.21. The van der Waals surface area contributed by atoms with Gasteiger partial charge in [-0.2, -0.15) is 0 Å². The summed E-state index contributed by atoms with van der Waals surface area (Å²) >= 11 is 0. The Balaban J connectivity index is 1.01. The third kappa shape index (κ3) is 5.75. The Labute approximate surface area is 385 Å². The van der Waals surface area contributed by atoms with Crippen LogP contribution in [0.4, 0.5) is 0 Å². The molecule has 0 unspecified atom stereocenters. The third-order valence-corrected chi connectivity index (χ3v) is 13.6. The zero-order chi connectivity index (χ0) is 44.0. The molecule has 0 fully saturated rings. The van der Waals surface area contributed by atoms with E-state index in [0.717, 1.165) is 61.4 Å². The number of aromatic nitrogens is 5. The quantitative estimate of drug-likeness (QED) is 0.167. The first-order valence-electron chi connectivity index (χ1n) is 22.8. The summed E-state index contributed by atoms with van der Waals surface area (Å²) in [5.41, 5.74) is 16.5. The van der Waals surface area contributed by atoms with Crippen LogP contribution in [0.1, 0.15) is 0 Å². The highest BCUT2D eigenvalue weighted by Crippen LogP contribution is 2.44. The summed E-state index contributed by atoms with van der Waals surface area (Å²) in [6.45, 7) is 0. The number of nitrogens with zero attached hydrogens (tertiary/aromatic N) is 5. The molecule has 0 bridgehead atoms. The predicted molar refractivity (Wildman–Crippen MR) is 279 cm³/mol. The number of benzene rings is 10. The van der Waals surface area contributed by atoms with E-state index in [-0.39, 0.29) is 0 Å². The fourth-order valence-corrected chi connectivity index (χ4v) is 10.7. The maximum Gasteiger partial charge on any atom is 0.160 e. The monoisotopic (exact) mass is 853 g/mol. The van der Waals surface area contributed by atoms with Gasteiger partial charge >= 0.3 is 0 Å². The Hall–Kier alpha value is -9.06. The lowest BCUT2D eigenvalue weighted by Gasteiger charge is -2.17. The van der Waals surface area contributed by atoms with Gasteiger partial charge in [0.15, 0.2) is 5.82 Å². The first-order valence-corrected chi connectivity index (χ1v) is 22.8. The van der Waals surface area contributed by atoms with Gasteiger partial charge in [-0.05, 0) is 96.6 Å². The van der Waals surface area contributed by atoms with Gasteiger partial charge in [0.05, 0.1) is 50.0 Å². The summed E-state index contributed by atoms with van der Waals surface area (Å²) < 4.78 is 7.28. The summed E-state index contributed by atoms with van der Waals surface area (Å²) in [6.07, 6.45) is 0. The Bertz CT molecular complexity index is 4200.